The number of hydrogen-bond donors (Lipinski definition) is 2. The van der Waals surface area contributed by atoms with Gasteiger partial charge in [0.1, 0.15) is 12.2 Å². The lowest BCUT2D eigenvalue weighted by atomic mass is 9.58. The molecule has 1 spiro atoms. The Morgan fingerprint density at radius 2 is 2.11 bits per heavy atom. The molecule has 1 saturated heterocycles. The minimum Gasteiger partial charge on any atom is -0.468 e. The molecule has 2 N–H and O–H groups in total. The summed E-state index contributed by atoms with van der Waals surface area (Å²) in [5.41, 5.74) is 5.10. The van der Waals surface area contributed by atoms with E-state index in [-0.39, 0.29) is 23.5 Å². The molecule has 0 radical (unpaired) electrons. The Hall–Kier alpha value is -2.97. The first-order valence-corrected chi connectivity index (χ1v) is 9.63. The monoisotopic (exact) mass is 373 g/mol. The van der Waals surface area contributed by atoms with Crippen LogP contribution in [-0.4, -0.2) is 38.9 Å². The topological polar surface area (TPSA) is 53.6 Å². The third-order valence-electron chi connectivity index (χ3n) is 6.75. The van der Waals surface area contributed by atoms with Crippen LogP contribution in [0, 0.1) is 12.3 Å². The first-order chi connectivity index (χ1) is 13.6. The van der Waals surface area contributed by atoms with Crippen molar-refractivity contribution in [1.82, 2.24) is 5.32 Å². The van der Waals surface area contributed by atoms with Crippen molar-refractivity contribution in [3.63, 3.8) is 0 Å². The standard InChI is InChI=1S/C23H23N3O2/c1-4-14-8-7-11-17-18(14)23-12-13-24-20(21(27)28-3)19(23)15-9-5-6-10-16(15)25-22(23)26(17)2/h1,5-11,19-20,22,24-25H,12-13H2,2-3H3/t19-,20+,22+,23+/m0/s1. The molecule has 1 fully saturated rings. The van der Waals surface area contributed by atoms with Gasteiger partial charge in [0.15, 0.2) is 0 Å². The number of piperidine rings is 1. The molecule has 5 nitrogen and oxygen atoms in total. The number of esters is 1. The highest BCUT2D eigenvalue weighted by Crippen LogP contribution is 2.60. The van der Waals surface area contributed by atoms with Crippen molar-refractivity contribution in [2.75, 3.05) is 30.9 Å². The summed E-state index contributed by atoms with van der Waals surface area (Å²) in [4.78, 5) is 15.1. The van der Waals surface area contributed by atoms with E-state index in [1.165, 1.54) is 12.7 Å². The average molecular weight is 373 g/mol. The van der Waals surface area contributed by atoms with E-state index in [1.54, 1.807) is 0 Å². The van der Waals surface area contributed by atoms with Crippen molar-refractivity contribution in [3.05, 3.63) is 59.2 Å². The predicted octanol–water partition coefficient (Wildman–Crippen LogP) is 2.43. The van der Waals surface area contributed by atoms with Crippen LogP contribution in [0.1, 0.15) is 29.0 Å². The molecular formula is C23H23N3O2. The number of methoxy groups -OCH3 is 1. The summed E-state index contributed by atoms with van der Waals surface area (Å²) in [6, 6.07) is 14.0. The fourth-order valence-corrected chi connectivity index (χ4v) is 5.73. The molecule has 142 valence electrons. The SMILES string of the molecule is C#Cc1cccc2c1[C@]13CCN[C@@H](C(=O)OC)[C@@H]1c1ccccc1N[C@@H]3N2C. The van der Waals surface area contributed by atoms with Crippen molar-refractivity contribution in [3.8, 4) is 12.3 Å². The Balaban J connectivity index is 1.83. The summed E-state index contributed by atoms with van der Waals surface area (Å²) in [6.07, 6.45) is 6.83. The number of carbonyl (C=O) groups is 1. The molecule has 3 aliphatic rings. The van der Waals surface area contributed by atoms with Crippen LogP contribution in [-0.2, 0) is 14.9 Å². The van der Waals surface area contributed by atoms with Crippen LogP contribution in [0.3, 0.4) is 0 Å². The Bertz CT molecular complexity index is 1010. The van der Waals surface area contributed by atoms with Gasteiger partial charge >= 0.3 is 5.97 Å². The molecule has 3 aliphatic heterocycles. The van der Waals surface area contributed by atoms with Crippen molar-refractivity contribution in [2.45, 2.75) is 30.0 Å². The minimum absolute atomic E-state index is 0.0196. The zero-order valence-corrected chi connectivity index (χ0v) is 16.0. The first kappa shape index (κ1) is 17.2. The Labute approximate surface area is 165 Å². The molecule has 3 heterocycles. The van der Waals surface area contributed by atoms with E-state index in [9.17, 15) is 4.79 Å². The Morgan fingerprint density at radius 1 is 1.29 bits per heavy atom. The maximum Gasteiger partial charge on any atom is 0.323 e. The second kappa shape index (κ2) is 6.02. The number of hydrogen-bond acceptors (Lipinski definition) is 5. The largest absolute Gasteiger partial charge is 0.468 e. The molecule has 0 unspecified atom stereocenters. The van der Waals surface area contributed by atoms with Gasteiger partial charge in [-0.05, 0) is 36.7 Å². The zero-order valence-electron chi connectivity index (χ0n) is 16.0. The van der Waals surface area contributed by atoms with Gasteiger partial charge in [-0.3, -0.25) is 4.79 Å². The normalized spacial score (nSPS) is 29.5. The summed E-state index contributed by atoms with van der Waals surface area (Å²) >= 11 is 0. The van der Waals surface area contributed by atoms with Crippen molar-refractivity contribution in [2.24, 2.45) is 0 Å². The minimum atomic E-state index is -0.422. The molecular weight excluding hydrogens is 350 g/mol. The fraction of sp³-hybridized carbons (Fsp3) is 0.348. The number of rotatable bonds is 1. The van der Waals surface area contributed by atoms with Crippen LogP contribution in [0.2, 0.25) is 0 Å². The van der Waals surface area contributed by atoms with Crippen LogP contribution < -0.4 is 15.5 Å². The van der Waals surface area contributed by atoms with Gasteiger partial charge in [-0.1, -0.05) is 30.2 Å². The van der Waals surface area contributed by atoms with Crippen LogP contribution in [0.5, 0.6) is 0 Å². The number of fused-ring (bicyclic) bond motifs is 3. The third kappa shape index (κ3) is 1.99. The second-order valence-corrected chi connectivity index (χ2v) is 7.81. The van der Waals surface area contributed by atoms with Gasteiger partial charge in [0.25, 0.3) is 0 Å². The first-order valence-electron chi connectivity index (χ1n) is 9.63. The smallest absolute Gasteiger partial charge is 0.323 e. The van der Waals surface area contributed by atoms with Crippen molar-refractivity contribution >= 4 is 17.3 Å². The molecule has 4 atom stereocenters. The van der Waals surface area contributed by atoms with Gasteiger partial charge in [-0.2, -0.15) is 0 Å². The van der Waals surface area contributed by atoms with Crippen molar-refractivity contribution < 1.29 is 9.53 Å². The van der Waals surface area contributed by atoms with Gasteiger partial charge in [0.05, 0.1) is 7.11 Å². The Morgan fingerprint density at radius 3 is 2.89 bits per heavy atom. The highest BCUT2D eigenvalue weighted by molar-refractivity contribution is 5.82. The van der Waals surface area contributed by atoms with Gasteiger partial charge in [0, 0.05) is 40.9 Å². The highest BCUT2D eigenvalue weighted by atomic mass is 16.5. The summed E-state index contributed by atoms with van der Waals surface area (Å²) in [5.74, 6) is 2.60. The molecule has 0 saturated carbocycles. The van der Waals surface area contributed by atoms with Crippen LogP contribution in [0.15, 0.2) is 42.5 Å². The lowest BCUT2D eigenvalue weighted by Crippen LogP contribution is -2.64. The number of likely N-dealkylation sites (N-methyl/N-ethyl adjacent to an activating group) is 1. The summed E-state index contributed by atoms with van der Waals surface area (Å²) < 4.78 is 5.19. The van der Waals surface area contributed by atoms with Crippen molar-refractivity contribution in [1.29, 1.82) is 0 Å². The van der Waals surface area contributed by atoms with E-state index in [0.29, 0.717) is 0 Å². The van der Waals surface area contributed by atoms with Gasteiger partial charge < -0.3 is 20.3 Å². The number of para-hydroxylation sites is 1. The summed E-state index contributed by atoms with van der Waals surface area (Å²) in [6.45, 7) is 0.725. The molecule has 0 aliphatic carbocycles. The number of nitrogens with one attached hydrogen (secondary N) is 2. The van der Waals surface area contributed by atoms with Crippen LogP contribution >= 0.6 is 0 Å². The summed E-state index contributed by atoms with van der Waals surface area (Å²) in [5, 5.41) is 7.18. The van der Waals surface area contributed by atoms with E-state index >= 15 is 0 Å². The predicted molar refractivity (Wildman–Crippen MR) is 109 cm³/mol. The summed E-state index contributed by atoms with van der Waals surface area (Å²) in [7, 11) is 3.56. The van der Waals surface area contributed by atoms with Gasteiger partial charge in [-0.25, -0.2) is 0 Å². The maximum absolute atomic E-state index is 12.8. The third-order valence-corrected chi connectivity index (χ3v) is 6.75. The lowest BCUT2D eigenvalue weighted by molar-refractivity contribution is -0.145. The molecule has 5 heteroatoms. The molecule has 5 rings (SSSR count). The number of carbonyl (C=O) groups excluding carboxylic acids is 1. The molecule has 0 aromatic heterocycles. The van der Waals surface area contributed by atoms with E-state index in [4.69, 9.17) is 11.2 Å². The van der Waals surface area contributed by atoms with E-state index in [1.807, 2.05) is 24.3 Å². The lowest BCUT2D eigenvalue weighted by Gasteiger charge is -2.53. The molecule has 28 heavy (non-hydrogen) atoms. The average Bonchev–Trinajstić information content (AvgIpc) is 2.99. The fourth-order valence-electron chi connectivity index (χ4n) is 5.73. The van der Waals surface area contributed by atoms with E-state index in [0.717, 1.165) is 35.5 Å². The van der Waals surface area contributed by atoms with Gasteiger partial charge in [0.2, 0.25) is 0 Å². The van der Waals surface area contributed by atoms with Gasteiger partial charge in [-0.15, -0.1) is 6.42 Å². The number of anilines is 2. The molecule has 2 aromatic rings. The number of nitrogens with zero attached hydrogens (tertiary/aromatic N) is 1. The van der Waals surface area contributed by atoms with E-state index < -0.39 is 6.04 Å². The quantitative estimate of drug-likeness (QED) is 0.594. The van der Waals surface area contributed by atoms with E-state index in [2.05, 4.69) is 46.7 Å². The molecule has 2 aromatic carbocycles. The number of terminal acetylenes is 1. The maximum atomic E-state index is 12.8. The second-order valence-electron chi connectivity index (χ2n) is 7.81. The number of benzene rings is 2. The molecule has 0 bridgehead atoms. The highest BCUT2D eigenvalue weighted by Gasteiger charge is 2.62. The zero-order chi connectivity index (χ0) is 19.5. The van der Waals surface area contributed by atoms with Crippen LogP contribution in [0.25, 0.3) is 0 Å². The number of ether oxygens (including phenoxy) is 1. The molecule has 0 amide bonds. The van der Waals surface area contributed by atoms with Crippen LogP contribution in [0.4, 0.5) is 11.4 Å². The Kier molecular flexibility index (Phi) is 3.68.